The Kier molecular flexibility index (Phi) is 21.4. The van der Waals surface area contributed by atoms with Crippen LogP contribution >= 0.6 is 0 Å². The molecule has 1 heterocycles. The molecule has 2 bridgehead atoms. The van der Waals surface area contributed by atoms with E-state index in [0.29, 0.717) is 36.0 Å². The molecular formula is C80H102N2O18. The van der Waals surface area contributed by atoms with Gasteiger partial charge in [-0.25, -0.2) is 9.59 Å². The zero-order chi connectivity index (χ0) is 72.0. The maximum absolute atomic E-state index is 16.0. The number of rotatable bonds is 22. The van der Waals surface area contributed by atoms with Crippen molar-refractivity contribution in [1.82, 2.24) is 10.6 Å². The molecule has 4 N–H and O–H groups in total. The quantitative estimate of drug-likeness (QED) is 0.0413. The summed E-state index contributed by atoms with van der Waals surface area (Å²) in [5.41, 5.74) is -6.10. The molecule has 2 amide bonds. The average Bonchev–Trinajstić information content (AvgIpc) is 0.745. The van der Waals surface area contributed by atoms with Gasteiger partial charge in [-0.1, -0.05) is 146 Å². The lowest BCUT2D eigenvalue weighted by molar-refractivity contribution is -0.346. The van der Waals surface area contributed by atoms with Gasteiger partial charge in [0.1, 0.15) is 42.6 Å². The van der Waals surface area contributed by atoms with E-state index in [2.05, 4.69) is 51.3 Å². The summed E-state index contributed by atoms with van der Waals surface area (Å²) in [6, 6.07) is 22.4. The zero-order valence-corrected chi connectivity index (χ0v) is 59.8. The fraction of sp³-hybridized carbons (Fsp3) is 0.613. The highest BCUT2D eigenvalue weighted by atomic mass is 16.6. The third-order valence-electron chi connectivity index (χ3n) is 25.3. The van der Waals surface area contributed by atoms with E-state index in [1.54, 1.807) is 66.7 Å². The van der Waals surface area contributed by atoms with Crippen molar-refractivity contribution in [3.63, 3.8) is 0 Å². The van der Waals surface area contributed by atoms with Crippen LogP contribution in [0.3, 0.4) is 0 Å². The van der Waals surface area contributed by atoms with E-state index in [1.807, 2.05) is 0 Å². The predicted octanol–water partition coefficient (Wildman–Crippen LogP) is 11.1. The number of ether oxygens (including phenoxy) is 7. The van der Waals surface area contributed by atoms with Gasteiger partial charge < -0.3 is 54.0 Å². The van der Waals surface area contributed by atoms with E-state index < -0.39 is 150 Å². The Morgan fingerprint density at radius 1 is 0.740 bits per heavy atom. The zero-order valence-electron chi connectivity index (χ0n) is 59.8. The van der Waals surface area contributed by atoms with Gasteiger partial charge in [0.2, 0.25) is 12.0 Å². The first-order chi connectivity index (χ1) is 47.4. The maximum atomic E-state index is 16.0. The Morgan fingerprint density at radius 2 is 1.41 bits per heavy atom. The van der Waals surface area contributed by atoms with Gasteiger partial charge in [0.05, 0.1) is 36.0 Å². The number of esters is 6. The molecule has 20 heteroatoms. The van der Waals surface area contributed by atoms with Gasteiger partial charge in [-0.15, -0.1) is 0 Å². The van der Waals surface area contributed by atoms with Crippen LogP contribution in [-0.4, -0.2) is 131 Å². The van der Waals surface area contributed by atoms with Gasteiger partial charge in [0.25, 0.3) is 5.91 Å². The van der Waals surface area contributed by atoms with E-state index in [0.717, 1.165) is 44.4 Å². The van der Waals surface area contributed by atoms with Crippen molar-refractivity contribution in [2.75, 3.05) is 13.2 Å². The maximum Gasteiger partial charge on any atom is 0.350 e. The fourth-order valence-electron chi connectivity index (χ4n) is 19.9. The van der Waals surface area contributed by atoms with Crippen molar-refractivity contribution in [3.05, 3.63) is 130 Å². The number of amides is 2. The lowest BCUT2D eigenvalue weighted by atomic mass is 9.44. The topological polar surface area (TPSA) is 283 Å². The predicted molar refractivity (Wildman–Crippen MR) is 367 cm³/mol. The first-order valence-electron chi connectivity index (χ1n) is 36.2. The minimum atomic E-state index is -2.53. The summed E-state index contributed by atoms with van der Waals surface area (Å²) in [6.45, 7) is 19.5. The number of aliphatic hydroxyl groups is 2. The lowest BCUT2D eigenvalue weighted by Crippen LogP contribution is -2.82. The summed E-state index contributed by atoms with van der Waals surface area (Å²) in [6.07, 6.45) is 1.98. The summed E-state index contributed by atoms with van der Waals surface area (Å²) >= 11 is 0. The van der Waals surface area contributed by atoms with Crippen LogP contribution < -0.4 is 10.6 Å². The molecule has 3 aromatic rings. The van der Waals surface area contributed by atoms with Gasteiger partial charge in [-0.05, 0) is 146 Å². The van der Waals surface area contributed by atoms with Crippen molar-refractivity contribution in [1.29, 1.82) is 0 Å². The number of carbonyl (C=O) groups excluding carboxylic acids is 9. The van der Waals surface area contributed by atoms with Crippen molar-refractivity contribution in [2.45, 2.75) is 232 Å². The SMILES string of the molecule is CC(=O)O[C@H]1C(=O)[C@@]2(C)[C@H]([C@H](OC(=O)c3ccccc3)[C@]3(O)C[C@H](OC(=O)[C@H](OC(=O)CCC(=O)NCC(=O)O[C@H]4CC[C@@]5(C)C(=CCC6C7CCC(C(C)CCCC(C)C)[C@@]7(C)CCC65)C4)[C@@H](NC(=O)c4ccccc4)c4ccccc4)C(C)=C1C3(C)C)[C@]1(OC(C)=O)CO[C@@H]1C[C@@H]2O. The number of fused-ring (bicyclic) bond motifs is 10. The highest BCUT2D eigenvalue weighted by Gasteiger charge is 2.78. The molecule has 1 aliphatic heterocycles. The van der Waals surface area contributed by atoms with E-state index in [1.165, 1.54) is 102 Å². The van der Waals surface area contributed by atoms with Crippen LogP contribution in [0.25, 0.3) is 0 Å². The smallest absolute Gasteiger partial charge is 0.350 e. The molecule has 11 rings (SSSR count). The number of nitrogens with one attached hydrogen (secondary N) is 2. The Labute approximate surface area is 587 Å². The van der Waals surface area contributed by atoms with Crippen LogP contribution in [0.1, 0.15) is 205 Å². The third kappa shape index (κ3) is 13.7. The standard InChI is InChI=1S/C80H102N2O18/c1-45(2)22-21-23-46(3)56-32-33-57-55-31-30-53-40-54(36-38-76(53,9)58(55)37-39-77(56,57)10)96-64(88)43-81-62(86)34-35-63(87)98-68(66(50-24-15-12-16-25-50)82-72(90)51-26-17-13-18-27-51)74(92)97-59-42-80(93)71(99-73(91)52-28-19-14-20-29-52)69-78(11,60(85)41-61-79(69,44-94-61)100-49(6)84)70(89)67(95-48(5)83)65(47(59)4)75(80,7)8/h12-20,24-30,45-46,54-61,66-69,71,85,93H,21-23,31-44H2,1-11H3,(H,81,86)(H,82,90)/t46?,54-,55?,56?,57?,58?,59-,60-,61+,66-,67+,68+,69-,71-,76-,77+,78+,79-,80+/m0/s1. The van der Waals surface area contributed by atoms with Gasteiger partial charge in [-0.3, -0.25) is 33.6 Å². The fourth-order valence-corrected chi connectivity index (χ4v) is 19.9. The summed E-state index contributed by atoms with van der Waals surface area (Å²) < 4.78 is 43.3. The third-order valence-corrected chi connectivity index (χ3v) is 25.3. The molecule has 0 spiro atoms. The molecule has 5 saturated carbocycles. The molecule has 0 aromatic heterocycles. The molecule has 6 fully saturated rings. The van der Waals surface area contributed by atoms with Crippen LogP contribution in [0, 0.1) is 63.1 Å². The second kappa shape index (κ2) is 29.1. The second-order valence-electron chi connectivity index (χ2n) is 31.7. The molecule has 8 aliphatic rings. The molecule has 5 unspecified atom stereocenters. The van der Waals surface area contributed by atoms with Gasteiger partial charge in [0, 0.05) is 50.5 Å². The molecule has 19 atom stereocenters. The number of benzene rings is 3. The van der Waals surface area contributed by atoms with Gasteiger partial charge >= 0.3 is 35.8 Å². The number of carbonyl (C=O) groups is 9. The van der Waals surface area contributed by atoms with Crippen molar-refractivity contribution >= 4 is 53.4 Å². The number of hydrogen-bond donors (Lipinski definition) is 4. The van der Waals surface area contributed by atoms with Crippen molar-refractivity contribution in [3.8, 4) is 0 Å². The molecule has 3 aromatic carbocycles. The van der Waals surface area contributed by atoms with Crippen molar-refractivity contribution in [2.24, 2.45) is 63.1 Å². The number of ketones is 1. The Morgan fingerprint density at radius 3 is 2.05 bits per heavy atom. The summed E-state index contributed by atoms with van der Waals surface area (Å²) in [5, 5.41) is 32.0. The monoisotopic (exact) mass is 1380 g/mol. The van der Waals surface area contributed by atoms with Crippen LogP contribution in [0.5, 0.6) is 0 Å². The van der Waals surface area contributed by atoms with Crippen LogP contribution in [0.2, 0.25) is 0 Å². The first kappa shape index (κ1) is 73.7. The highest BCUT2D eigenvalue weighted by molar-refractivity contribution is 5.97. The molecule has 0 radical (unpaired) electrons. The number of aliphatic hydroxyl groups excluding tert-OH is 1. The Hall–Kier alpha value is -7.55. The molecule has 100 heavy (non-hydrogen) atoms. The summed E-state index contributed by atoms with van der Waals surface area (Å²) in [4.78, 5) is 129. The second-order valence-corrected chi connectivity index (χ2v) is 31.7. The Balaban J connectivity index is 0.830. The normalized spacial score (nSPS) is 33.9. The molecule has 7 aliphatic carbocycles. The largest absolute Gasteiger partial charge is 0.461 e. The summed E-state index contributed by atoms with van der Waals surface area (Å²) in [5.74, 6) is -5.54. The molecule has 1 saturated heterocycles. The van der Waals surface area contributed by atoms with E-state index in [4.69, 9.17) is 33.2 Å². The molecule has 540 valence electrons. The van der Waals surface area contributed by atoms with E-state index >= 15 is 9.59 Å². The molecular weight excluding hydrogens is 1280 g/mol. The Bertz CT molecular complexity index is 3660. The lowest BCUT2D eigenvalue weighted by Gasteiger charge is -2.67. The van der Waals surface area contributed by atoms with Crippen LogP contribution in [0.4, 0.5) is 0 Å². The van der Waals surface area contributed by atoms with Crippen LogP contribution in [-0.2, 0) is 66.7 Å². The van der Waals surface area contributed by atoms with E-state index in [9.17, 15) is 43.8 Å². The minimum Gasteiger partial charge on any atom is -0.461 e. The van der Waals surface area contributed by atoms with Crippen LogP contribution in [0.15, 0.2) is 114 Å². The summed E-state index contributed by atoms with van der Waals surface area (Å²) in [7, 11) is 0. The number of hydrogen-bond acceptors (Lipinski definition) is 18. The van der Waals surface area contributed by atoms with Gasteiger partial charge in [-0.2, -0.15) is 0 Å². The first-order valence-corrected chi connectivity index (χ1v) is 36.2. The number of Topliss-reactive ketones (excluding diaryl/α,β-unsaturated/α-hetero) is 1. The van der Waals surface area contributed by atoms with Crippen molar-refractivity contribution < 1.29 is 86.5 Å². The highest BCUT2D eigenvalue weighted by Crippen LogP contribution is 2.68. The number of allylic oxidation sites excluding steroid dienone is 1. The molecule has 20 nitrogen and oxygen atoms in total. The van der Waals surface area contributed by atoms with E-state index in [-0.39, 0.29) is 52.4 Å². The van der Waals surface area contributed by atoms with Gasteiger partial charge in [0.15, 0.2) is 17.5 Å². The minimum absolute atomic E-state index is 0.0217. The average molecular weight is 1380 g/mol.